The molecule has 1 aliphatic carbocycles. The Morgan fingerprint density at radius 1 is 1.26 bits per heavy atom. The highest BCUT2D eigenvalue weighted by Crippen LogP contribution is 2.41. The van der Waals surface area contributed by atoms with Gasteiger partial charge in [-0.1, -0.05) is 12.8 Å². The van der Waals surface area contributed by atoms with Crippen LogP contribution < -0.4 is 10.2 Å². The minimum atomic E-state index is -0.983. The van der Waals surface area contributed by atoms with Crippen LogP contribution in [0.3, 0.4) is 0 Å². The number of morpholine rings is 1. The number of anilines is 2. The zero-order valence-electron chi connectivity index (χ0n) is 15.8. The van der Waals surface area contributed by atoms with Crippen molar-refractivity contribution in [1.29, 1.82) is 0 Å². The molecule has 0 radical (unpaired) electrons. The lowest BCUT2D eigenvalue weighted by molar-refractivity contribution is -0.150. The summed E-state index contributed by atoms with van der Waals surface area (Å²) in [4.78, 5) is 25.9. The van der Waals surface area contributed by atoms with Crippen LogP contribution in [0.1, 0.15) is 46.0 Å². The molecule has 1 heterocycles. The second-order valence-corrected chi connectivity index (χ2v) is 7.85. The summed E-state index contributed by atoms with van der Waals surface area (Å²) in [6.07, 6.45) is 2.62. The van der Waals surface area contributed by atoms with Crippen molar-refractivity contribution in [3.8, 4) is 0 Å². The lowest BCUT2D eigenvalue weighted by Gasteiger charge is -2.37. The number of carboxylic acids is 1. The molecule has 148 valence electrons. The Morgan fingerprint density at radius 3 is 2.44 bits per heavy atom. The maximum absolute atomic E-state index is 14.6. The summed E-state index contributed by atoms with van der Waals surface area (Å²) in [7, 11) is 0. The molecule has 0 spiro atoms. The Labute approximate surface area is 158 Å². The molecular formula is C20H27FN2O4. The number of nitrogens with one attached hydrogen (secondary N) is 1. The monoisotopic (exact) mass is 378 g/mol. The molecule has 0 bridgehead atoms. The Kier molecular flexibility index (Phi) is 5.69. The van der Waals surface area contributed by atoms with Crippen molar-refractivity contribution in [2.45, 2.75) is 58.2 Å². The van der Waals surface area contributed by atoms with Crippen LogP contribution >= 0.6 is 0 Å². The van der Waals surface area contributed by atoms with Gasteiger partial charge in [0.05, 0.1) is 23.3 Å². The first-order valence-electron chi connectivity index (χ1n) is 9.52. The van der Waals surface area contributed by atoms with Crippen LogP contribution in [0, 0.1) is 11.2 Å². The van der Waals surface area contributed by atoms with Gasteiger partial charge in [-0.3, -0.25) is 9.59 Å². The SMILES string of the molecule is C[C@@H]1CN(c2ccc(NC(=O)CC3(C(=O)O)CCCC3)cc2F)C[C@H](C)O1. The fraction of sp³-hybridized carbons (Fsp3) is 0.600. The van der Waals surface area contributed by atoms with Crippen LogP contribution in [0.4, 0.5) is 15.8 Å². The molecule has 0 aromatic heterocycles. The fourth-order valence-electron chi connectivity index (χ4n) is 4.25. The maximum atomic E-state index is 14.6. The number of aliphatic carboxylic acids is 1. The first-order valence-corrected chi connectivity index (χ1v) is 9.52. The smallest absolute Gasteiger partial charge is 0.310 e. The average Bonchev–Trinajstić information content (AvgIpc) is 3.03. The Morgan fingerprint density at radius 2 is 1.89 bits per heavy atom. The van der Waals surface area contributed by atoms with Crippen LogP contribution in [-0.4, -0.2) is 42.3 Å². The normalized spacial score (nSPS) is 24.6. The number of rotatable bonds is 5. The number of nitrogens with zero attached hydrogens (tertiary/aromatic N) is 1. The Bertz CT molecular complexity index is 708. The molecule has 6 nitrogen and oxygen atoms in total. The largest absolute Gasteiger partial charge is 0.481 e. The molecule has 27 heavy (non-hydrogen) atoms. The van der Waals surface area contributed by atoms with Gasteiger partial charge in [-0.2, -0.15) is 0 Å². The zero-order valence-corrected chi connectivity index (χ0v) is 15.8. The van der Waals surface area contributed by atoms with Crippen molar-refractivity contribution in [2.24, 2.45) is 5.41 Å². The van der Waals surface area contributed by atoms with E-state index in [0.29, 0.717) is 37.3 Å². The number of ether oxygens (including phenoxy) is 1. The van der Waals surface area contributed by atoms with E-state index in [1.165, 1.54) is 6.07 Å². The number of hydrogen-bond donors (Lipinski definition) is 2. The van der Waals surface area contributed by atoms with Gasteiger partial charge in [0, 0.05) is 25.2 Å². The maximum Gasteiger partial charge on any atom is 0.310 e. The number of carbonyl (C=O) groups is 2. The number of amides is 1. The van der Waals surface area contributed by atoms with Crippen LogP contribution in [0.25, 0.3) is 0 Å². The van der Waals surface area contributed by atoms with Gasteiger partial charge in [0.15, 0.2) is 0 Å². The van der Waals surface area contributed by atoms with Crippen LogP contribution in [0.15, 0.2) is 18.2 Å². The van der Waals surface area contributed by atoms with Crippen molar-refractivity contribution >= 4 is 23.3 Å². The molecule has 2 aliphatic rings. The molecule has 1 amide bonds. The fourth-order valence-corrected chi connectivity index (χ4v) is 4.25. The van der Waals surface area contributed by atoms with E-state index in [-0.39, 0.29) is 24.5 Å². The van der Waals surface area contributed by atoms with Crippen molar-refractivity contribution in [2.75, 3.05) is 23.3 Å². The Balaban J connectivity index is 1.67. The standard InChI is InChI=1S/C20H27FN2O4/c1-13-11-23(12-14(2)27-13)17-6-5-15(9-16(17)21)22-18(24)10-20(19(25)26)7-3-4-8-20/h5-6,9,13-14H,3-4,7-8,10-12H2,1-2H3,(H,22,24)(H,25,26)/t13-,14+. The second kappa shape index (κ2) is 7.84. The van der Waals surface area contributed by atoms with E-state index in [1.807, 2.05) is 18.7 Å². The van der Waals surface area contributed by atoms with Crippen LogP contribution in [0.2, 0.25) is 0 Å². The molecule has 2 N–H and O–H groups in total. The van der Waals surface area contributed by atoms with E-state index in [2.05, 4.69) is 5.32 Å². The van der Waals surface area contributed by atoms with E-state index in [0.717, 1.165) is 12.8 Å². The summed E-state index contributed by atoms with van der Waals surface area (Å²) in [5.74, 6) is -1.73. The molecule has 0 unspecified atom stereocenters. The molecule has 2 fully saturated rings. The molecule has 2 atom stereocenters. The third-order valence-electron chi connectivity index (χ3n) is 5.51. The number of carboxylic acid groups (broad SMARTS) is 1. The number of carbonyl (C=O) groups excluding carboxylic acids is 1. The highest BCUT2D eigenvalue weighted by Gasteiger charge is 2.43. The third kappa shape index (κ3) is 4.40. The molecule has 1 aliphatic heterocycles. The first-order chi connectivity index (χ1) is 12.8. The van der Waals surface area contributed by atoms with Gasteiger partial charge >= 0.3 is 5.97 Å². The van der Waals surface area contributed by atoms with Crippen molar-refractivity contribution < 1.29 is 23.8 Å². The molecule has 1 aromatic carbocycles. The molecule has 1 aromatic rings. The van der Waals surface area contributed by atoms with Crippen LogP contribution in [0.5, 0.6) is 0 Å². The van der Waals surface area contributed by atoms with E-state index in [4.69, 9.17) is 4.74 Å². The van der Waals surface area contributed by atoms with E-state index in [1.54, 1.807) is 12.1 Å². The molecular weight excluding hydrogens is 351 g/mol. The summed E-state index contributed by atoms with van der Waals surface area (Å²) < 4.78 is 20.3. The Hall–Kier alpha value is -2.15. The predicted octanol–water partition coefficient (Wildman–Crippen LogP) is 3.41. The van der Waals surface area contributed by atoms with E-state index >= 15 is 0 Å². The average molecular weight is 378 g/mol. The van der Waals surface area contributed by atoms with Gasteiger partial charge in [0.25, 0.3) is 0 Å². The zero-order chi connectivity index (χ0) is 19.6. The second-order valence-electron chi connectivity index (χ2n) is 7.85. The van der Waals surface area contributed by atoms with Gasteiger partial charge in [0.1, 0.15) is 5.82 Å². The van der Waals surface area contributed by atoms with E-state index < -0.39 is 17.2 Å². The molecule has 1 saturated carbocycles. The molecule has 3 rings (SSSR count). The topological polar surface area (TPSA) is 78.9 Å². The van der Waals surface area contributed by atoms with Crippen molar-refractivity contribution in [3.05, 3.63) is 24.0 Å². The number of benzene rings is 1. The summed E-state index contributed by atoms with van der Waals surface area (Å²) in [6.45, 7) is 5.12. The minimum absolute atomic E-state index is 0.0196. The van der Waals surface area contributed by atoms with Gasteiger partial charge < -0.3 is 20.1 Å². The van der Waals surface area contributed by atoms with Gasteiger partial charge in [0.2, 0.25) is 5.91 Å². The van der Waals surface area contributed by atoms with Gasteiger partial charge in [-0.15, -0.1) is 0 Å². The number of hydrogen-bond acceptors (Lipinski definition) is 4. The summed E-state index contributed by atoms with van der Waals surface area (Å²) >= 11 is 0. The molecule has 1 saturated heterocycles. The van der Waals surface area contributed by atoms with E-state index in [9.17, 15) is 19.1 Å². The van der Waals surface area contributed by atoms with Gasteiger partial charge in [-0.25, -0.2) is 4.39 Å². The quantitative estimate of drug-likeness (QED) is 0.821. The highest BCUT2D eigenvalue weighted by molar-refractivity contribution is 5.94. The van der Waals surface area contributed by atoms with Gasteiger partial charge in [-0.05, 0) is 44.9 Å². The first kappa shape index (κ1) is 19.6. The summed E-state index contributed by atoms with van der Waals surface area (Å²) in [5.41, 5.74) is -0.162. The molecule has 7 heteroatoms. The number of halogens is 1. The third-order valence-corrected chi connectivity index (χ3v) is 5.51. The highest BCUT2D eigenvalue weighted by atomic mass is 19.1. The summed E-state index contributed by atoms with van der Waals surface area (Å²) in [6, 6.07) is 4.60. The lowest BCUT2D eigenvalue weighted by Crippen LogP contribution is -2.45. The van der Waals surface area contributed by atoms with Crippen molar-refractivity contribution in [1.82, 2.24) is 0 Å². The predicted molar refractivity (Wildman–Crippen MR) is 100 cm³/mol. The van der Waals surface area contributed by atoms with Crippen LogP contribution in [-0.2, 0) is 14.3 Å². The summed E-state index contributed by atoms with van der Waals surface area (Å²) in [5, 5.41) is 12.1. The lowest BCUT2D eigenvalue weighted by atomic mass is 9.82. The minimum Gasteiger partial charge on any atom is -0.481 e. The van der Waals surface area contributed by atoms with Crippen molar-refractivity contribution in [3.63, 3.8) is 0 Å².